The number of likely N-dealkylation sites (tertiary alicyclic amines) is 1. The molecule has 0 aliphatic carbocycles. The summed E-state index contributed by atoms with van der Waals surface area (Å²) in [5, 5.41) is 15.2. The monoisotopic (exact) mass is 407 g/mol. The summed E-state index contributed by atoms with van der Waals surface area (Å²) >= 11 is 5.85. The second-order valence-electron chi connectivity index (χ2n) is 7.06. The van der Waals surface area contributed by atoms with Crippen LogP contribution < -0.4 is 10.6 Å². The van der Waals surface area contributed by atoms with Crippen LogP contribution in [0.15, 0.2) is 23.2 Å². The number of rotatable bonds is 5. The van der Waals surface area contributed by atoms with E-state index in [2.05, 4.69) is 30.7 Å². The number of benzene rings is 1. The molecular weight excluding hydrogens is 381 g/mol. The van der Waals surface area contributed by atoms with Gasteiger partial charge < -0.3 is 15.2 Å². The highest BCUT2D eigenvalue weighted by atomic mass is 35.5. The molecule has 0 radical (unpaired) electrons. The van der Waals surface area contributed by atoms with Crippen molar-refractivity contribution in [3.8, 4) is 0 Å². The van der Waals surface area contributed by atoms with Gasteiger partial charge >= 0.3 is 0 Å². The van der Waals surface area contributed by atoms with E-state index in [9.17, 15) is 4.39 Å². The van der Waals surface area contributed by atoms with Crippen LogP contribution in [-0.4, -0.2) is 51.8 Å². The van der Waals surface area contributed by atoms with Gasteiger partial charge in [0.05, 0.1) is 11.1 Å². The Morgan fingerprint density at radius 2 is 2.14 bits per heavy atom. The third kappa shape index (κ3) is 4.44. The second-order valence-corrected chi connectivity index (χ2v) is 7.46. The minimum atomic E-state index is -0.392. The van der Waals surface area contributed by atoms with Crippen LogP contribution in [0.1, 0.15) is 36.6 Å². The van der Waals surface area contributed by atoms with Crippen LogP contribution in [0.5, 0.6) is 0 Å². The second kappa shape index (κ2) is 8.87. The zero-order valence-electron chi connectivity index (χ0n) is 16.7. The van der Waals surface area contributed by atoms with E-state index in [4.69, 9.17) is 11.6 Å². The van der Waals surface area contributed by atoms with Gasteiger partial charge in [0, 0.05) is 26.2 Å². The Hall–Kier alpha value is -2.19. The van der Waals surface area contributed by atoms with E-state index in [0.717, 1.165) is 36.7 Å². The van der Waals surface area contributed by atoms with Crippen molar-refractivity contribution >= 4 is 17.6 Å². The zero-order chi connectivity index (χ0) is 20.3. The van der Waals surface area contributed by atoms with Crippen molar-refractivity contribution in [3.05, 3.63) is 46.3 Å². The molecule has 7 nitrogen and oxygen atoms in total. The van der Waals surface area contributed by atoms with Crippen LogP contribution in [0.4, 0.5) is 4.39 Å². The highest BCUT2D eigenvalue weighted by molar-refractivity contribution is 6.30. The van der Waals surface area contributed by atoms with Crippen LogP contribution in [-0.2, 0) is 13.6 Å². The van der Waals surface area contributed by atoms with Crippen molar-refractivity contribution in [1.82, 2.24) is 30.3 Å². The van der Waals surface area contributed by atoms with Crippen LogP contribution in [0.2, 0.25) is 5.02 Å². The van der Waals surface area contributed by atoms with Crippen LogP contribution in [0, 0.1) is 12.7 Å². The Morgan fingerprint density at radius 3 is 2.79 bits per heavy atom. The summed E-state index contributed by atoms with van der Waals surface area (Å²) in [6, 6.07) is 5.16. The van der Waals surface area contributed by atoms with Crippen molar-refractivity contribution < 1.29 is 4.39 Å². The number of aryl methyl sites for hydroxylation is 1. The van der Waals surface area contributed by atoms with Gasteiger partial charge in [-0.2, -0.15) is 0 Å². The lowest BCUT2D eigenvalue weighted by Gasteiger charge is -2.27. The molecular formula is C19H27ClFN7. The SMILES string of the molecule is CCNC(=NCc1nnc(C)n1C)NC1CCN(C)C1c1ccc(Cl)c(F)c1. The lowest BCUT2D eigenvalue weighted by atomic mass is 10.00. The van der Waals surface area contributed by atoms with Crippen molar-refractivity contribution in [3.63, 3.8) is 0 Å². The normalized spacial score (nSPS) is 20.6. The molecule has 0 bridgehead atoms. The molecule has 0 saturated carbocycles. The number of nitrogens with one attached hydrogen (secondary N) is 2. The van der Waals surface area contributed by atoms with Gasteiger partial charge in [0.1, 0.15) is 18.2 Å². The minimum absolute atomic E-state index is 0.0349. The van der Waals surface area contributed by atoms with E-state index in [-0.39, 0.29) is 17.1 Å². The summed E-state index contributed by atoms with van der Waals surface area (Å²) in [5.41, 5.74) is 0.902. The lowest BCUT2D eigenvalue weighted by Crippen LogP contribution is -2.45. The number of aliphatic imine (C=N–C) groups is 1. The Morgan fingerprint density at radius 1 is 1.36 bits per heavy atom. The molecule has 1 aliphatic heterocycles. The molecule has 9 heteroatoms. The standard InChI is InChI=1S/C19H27ClFN7/c1-5-22-19(23-11-17-26-25-12(2)28(17)4)24-16-8-9-27(3)18(16)13-6-7-14(20)15(21)10-13/h6-7,10,16,18H,5,8-9,11H2,1-4H3,(H2,22,23,24). The highest BCUT2D eigenvalue weighted by Gasteiger charge is 2.34. The van der Waals surface area contributed by atoms with Gasteiger partial charge in [-0.1, -0.05) is 17.7 Å². The first-order valence-electron chi connectivity index (χ1n) is 9.45. The number of likely N-dealkylation sites (N-methyl/N-ethyl adjacent to an activating group) is 1. The first-order chi connectivity index (χ1) is 13.4. The third-order valence-corrected chi connectivity index (χ3v) is 5.47. The molecule has 0 spiro atoms. The molecule has 3 rings (SSSR count). The van der Waals surface area contributed by atoms with Crippen molar-refractivity contribution in [2.24, 2.45) is 12.0 Å². The maximum Gasteiger partial charge on any atom is 0.191 e. The largest absolute Gasteiger partial charge is 0.357 e. The first-order valence-corrected chi connectivity index (χ1v) is 9.83. The summed E-state index contributed by atoms with van der Waals surface area (Å²) in [7, 11) is 3.98. The zero-order valence-corrected chi connectivity index (χ0v) is 17.5. The predicted octanol–water partition coefficient (Wildman–Crippen LogP) is 2.42. The average Bonchev–Trinajstić information content (AvgIpc) is 3.18. The van der Waals surface area contributed by atoms with E-state index in [1.54, 1.807) is 6.07 Å². The van der Waals surface area contributed by atoms with Gasteiger partial charge in [0.15, 0.2) is 11.8 Å². The Bertz CT molecular complexity index is 851. The maximum absolute atomic E-state index is 14.0. The molecule has 152 valence electrons. The lowest BCUT2D eigenvalue weighted by molar-refractivity contribution is 0.296. The van der Waals surface area contributed by atoms with E-state index in [0.29, 0.717) is 12.5 Å². The number of aromatic nitrogens is 3. The minimum Gasteiger partial charge on any atom is -0.357 e. The molecule has 2 unspecified atom stereocenters. The number of hydrogen-bond donors (Lipinski definition) is 2. The molecule has 1 saturated heterocycles. The summed E-state index contributed by atoms with van der Waals surface area (Å²) in [4.78, 5) is 6.88. The highest BCUT2D eigenvalue weighted by Crippen LogP contribution is 2.32. The third-order valence-electron chi connectivity index (χ3n) is 5.16. The fourth-order valence-electron chi connectivity index (χ4n) is 3.52. The summed E-state index contributed by atoms with van der Waals surface area (Å²) in [6.07, 6.45) is 0.929. The molecule has 1 aliphatic rings. The van der Waals surface area contributed by atoms with Gasteiger partial charge in [-0.3, -0.25) is 4.90 Å². The van der Waals surface area contributed by atoms with E-state index < -0.39 is 5.82 Å². The summed E-state index contributed by atoms with van der Waals surface area (Å²) < 4.78 is 15.9. The number of halogens is 2. The summed E-state index contributed by atoms with van der Waals surface area (Å²) in [5.74, 6) is 1.97. The van der Waals surface area contributed by atoms with E-state index in [1.165, 1.54) is 6.07 Å². The van der Waals surface area contributed by atoms with Crippen molar-refractivity contribution in [2.45, 2.75) is 38.9 Å². The fourth-order valence-corrected chi connectivity index (χ4v) is 3.63. The molecule has 1 aromatic carbocycles. The molecule has 28 heavy (non-hydrogen) atoms. The Labute approximate surface area is 170 Å². The predicted molar refractivity (Wildman–Crippen MR) is 109 cm³/mol. The molecule has 2 atom stereocenters. The van der Waals surface area contributed by atoms with Crippen molar-refractivity contribution in [1.29, 1.82) is 0 Å². The number of guanidine groups is 1. The van der Waals surface area contributed by atoms with Gasteiger partial charge in [-0.25, -0.2) is 9.38 Å². The number of nitrogens with zero attached hydrogens (tertiary/aromatic N) is 5. The van der Waals surface area contributed by atoms with Crippen LogP contribution in [0.3, 0.4) is 0 Å². The quantitative estimate of drug-likeness (QED) is 0.588. The van der Waals surface area contributed by atoms with Gasteiger partial charge in [-0.15, -0.1) is 10.2 Å². The van der Waals surface area contributed by atoms with Gasteiger partial charge in [-0.05, 0) is 45.0 Å². The van der Waals surface area contributed by atoms with E-state index >= 15 is 0 Å². The van der Waals surface area contributed by atoms with Crippen LogP contribution in [0.25, 0.3) is 0 Å². The smallest absolute Gasteiger partial charge is 0.191 e. The van der Waals surface area contributed by atoms with E-state index in [1.807, 2.05) is 38.6 Å². The van der Waals surface area contributed by atoms with Gasteiger partial charge in [0.25, 0.3) is 0 Å². The molecule has 2 heterocycles. The molecule has 2 aromatic rings. The fraction of sp³-hybridized carbons (Fsp3) is 0.526. The molecule has 1 aromatic heterocycles. The first kappa shape index (κ1) is 20.5. The Kier molecular flexibility index (Phi) is 6.51. The maximum atomic E-state index is 14.0. The number of hydrogen-bond acceptors (Lipinski definition) is 4. The van der Waals surface area contributed by atoms with Crippen molar-refractivity contribution in [2.75, 3.05) is 20.1 Å². The molecule has 2 N–H and O–H groups in total. The molecule has 1 fully saturated rings. The van der Waals surface area contributed by atoms with Gasteiger partial charge in [0.2, 0.25) is 0 Å². The molecule has 0 amide bonds. The topological polar surface area (TPSA) is 70.4 Å². The summed E-state index contributed by atoms with van der Waals surface area (Å²) in [6.45, 7) is 6.01. The Balaban J connectivity index is 1.78. The van der Waals surface area contributed by atoms with Crippen LogP contribution >= 0.6 is 11.6 Å². The average molecular weight is 408 g/mol.